The van der Waals surface area contributed by atoms with Crippen LogP contribution in [0, 0.1) is 11.8 Å². The van der Waals surface area contributed by atoms with Crippen molar-refractivity contribution in [2.45, 2.75) is 53.1 Å². The van der Waals surface area contributed by atoms with Crippen LogP contribution in [0.4, 0.5) is 4.39 Å². The van der Waals surface area contributed by atoms with Gasteiger partial charge in [0.05, 0.1) is 6.17 Å². The molecule has 0 saturated carbocycles. The molecular weight excluding hydrogens is 139 g/mol. The maximum atomic E-state index is 12.4. The minimum atomic E-state index is -0.616. The smallest absolute Gasteiger partial charge is 0.0973 e. The van der Waals surface area contributed by atoms with Gasteiger partial charge >= 0.3 is 0 Å². The minimum Gasteiger partial charge on any atom is -0.248 e. The summed E-state index contributed by atoms with van der Waals surface area (Å²) in [5, 5.41) is 0. The summed E-state index contributed by atoms with van der Waals surface area (Å²) in [6.45, 7) is 8.33. The molecule has 0 aromatic carbocycles. The fraction of sp³-hybridized carbons (Fsp3) is 1.00. The normalized spacial score (nSPS) is 16.9. The second kappa shape index (κ2) is 5.56. The molecule has 0 saturated heterocycles. The predicted octanol–water partition coefficient (Wildman–Crippen LogP) is 3.81. The van der Waals surface area contributed by atoms with Gasteiger partial charge in [0, 0.05) is 0 Å². The molecule has 0 bridgehead atoms. The van der Waals surface area contributed by atoms with E-state index in [4.69, 9.17) is 0 Å². The van der Waals surface area contributed by atoms with Gasteiger partial charge in [0.1, 0.15) is 0 Å². The molecule has 0 nitrogen and oxygen atoms in total. The van der Waals surface area contributed by atoms with Gasteiger partial charge in [-0.1, -0.05) is 33.6 Å². The zero-order chi connectivity index (χ0) is 8.85. The van der Waals surface area contributed by atoms with E-state index < -0.39 is 6.17 Å². The van der Waals surface area contributed by atoms with Crippen LogP contribution in [-0.4, -0.2) is 6.17 Å². The van der Waals surface area contributed by atoms with Crippen LogP contribution >= 0.6 is 0 Å². The summed E-state index contributed by atoms with van der Waals surface area (Å²) in [4.78, 5) is 0. The summed E-state index contributed by atoms with van der Waals surface area (Å²) < 4.78 is 12.4. The third-order valence-electron chi connectivity index (χ3n) is 2.40. The standard InChI is InChI=1S/C10H21F/c1-8(2)9(3)6-5-7-10(4)11/h8-10H,5-7H2,1-4H3. The molecule has 0 spiro atoms. The second-order valence-corrected chi connectivity index (χ2v) is 3.93. The zero-order valence-corrected chi connectivity index (χ0v) is 8.23. The lowest BCUT2D eigenvalue weighted by molar-refractivity contribution is 0.306. The lowest BCUT2D eigenvalue weighted by Crippen LogP contribution is -2.04. The van der Waals surface area contributed by atoms with E-state index in [1.165, 1.54) is 6.42 Å². The molecule has 2 atom stereocenters. The van der Waals surface area contributed by atoms with Gasteiger partial charge in [0.2, 0.25) is 0 Å². The van der Waals surface area contributed by atoms with E-state index in [-0.39, 0.29) is 0 Å². The van der Waals surface area contributed by atoms with Crippen molar-refractivity contribution >= 4 is 0 Å². The summed E-state index contributed by atoms with van der Waals surface area (Å²) in [6, 6.07) is 0. The summed E-state index contributed by atoms with van der Waals surface area (Å²) in [5.41, 5.74) is 0. The number of hydrogen-bond donors (Lipinski definition) is 0. The molecule has 0 radical (unpaired) electrons. The first-order chi connectivity index (χ1) is 5.04. The van der Waals surface area contributed by atoms with Crippen LogP contribution < -0.4 is 0 Å². The first kappa shape index (κ1) is 10.9. The number of hydrogen-bond acceptors (Lipinski definition) is 0. The van der Waals surface area contributed by atoms with E-state index in [9.17, 15) is 4.39 Å². The molecule has 0 aliphatic carbocycles. The Labute approximate surface area is 70.2 Å². The molecule has 0 aliphatic rings. The highest BCUT2D eigenvalue weighted by Crippen LogP contribution is 2.17. The Bertz CT molecular complexity index is 86.9. The maximum Gasteiger partial charge on any atom is 0.0973 e. The molecule has 0 heterocycles. The van der Waals surface area contributed by atoms with E-state index in [2.05, 4.69) is 20.8 Å². The molecule has 0 rings (SSSR count). The Morgan fingerprint density at radius 2 is 1.55 bits per heavy atom. The number of rotatable bonds is 5. The van der Waals surface area contributed by atoms with Crippen molar-refractivity contribution in [1.82, 2.24) is 0 Å². The fourth-order valence-electron chi connectivity index (χ4n) is 1.05. The quantitative estimate of drug-likeness (QED) is 0.573. The summed E-state index contributed by atoms with van der Waals surface area (Å²) >= 11 is 0. The Hall–Kier alpha value is -0.0700. The van der Waals surface area contributed by atoms with Gasteiger partial charge in [0.15, 0.2) is 0 Å². The van der Waals surface area contributed by atoms with Crippen LogP contribution in [0.2, 0.25) is 0 Å². The largest absolute Gasteiger partial charge is 0.248 e. The van der Waals surface area contributed by atoms with Crippen LogP contribution in [0.15, 0.2) is 0 Å². The van der Waals surface area contributed by atoms with Crippen molar-refractivity contribution in [1.29, 1.82) is 0 Å². The van der Waals surface area contributed by atoms with E-state index >= 15 is 0 Å². The second-order valence-electron chi connectivity index (χ2n) is 3.93. The van der Waals surface area contributed by atoms with Crippen molar-refractivity contribution in [3.63, 3.8) is 0 Å². The molecule has 11 heavy (non-hydrogen) atoms. The third kappa shape index (κ3) is 6.33. The molecule has 0 aromatic heterocycles. The highest BCUT2D eigenvalue weighted by molar-refractivity contribution is 4.58. The van der Waals surface area contributed by atoms with Crippen LogP contribution in [0.1, 0.15) is 47.0 Å². The van der Waals surface area contributed by atoms with Gasteiger partial charge < -0.3 is 0 Å². The monoisotopic (exact) mass is 160 g/mol. The average molecular weight is 160 g/mol. The molecular formula is C10H21F. The van der Waals surface area contributed by atoms with Crippen molar-refractivity contribution in [3.05, 3.63) is 0 Å². The van der Waals surface area contributed by atoms with Gasteiger partial charge in [-0.3, -0.25) is 0 Å². The van der Waals surface area contributed by atoms with E-state index in [1.54, 1.807) is 6.92 Å². The lowest BCUT2D eigenvalue weighted by atomic mass is 9.92. The van der Waals surface area contributed by atoms with Crippen molar-refractivity contribution in [2.75, 3.05) is 0 Å². The Kier molecular flexibility index (Phi) is 5.53. The maximum absolute atomic E-state index is 12.4. The SMILES string of the molecule is CC(F)CCCC(C)C(C)C. The van der Waals surface area contributed by atoms with E-state index in [1.807, 2.05) is 0 Å². The van der Waals surface area contributed by atoms with Crippen molar-refractivity contribution < 1.29 is 4.39 Å². The highest BCUT2D eigenvalue weighted by Gasteiger charge is 2.07. The molecule has 2 unspecified atom stereocenters. The lowest BCUT2D eigenvalue weighted by Gasteiger charge is -2.14. The average Bonchev–Trinajstić information content (AvgIpc) is 1.86. The molecule has 1 heteroatoms. The molecule has 0 aromatic rings. The van der Waals surface area contributed by atoms with E-state index in [0.717, 1.165) is 24.7 Å². The van der Waals surface area contributed by atoms with Gasteiger partial charge in [-0.25, -0.2) is 4.39 Å². The molecule has 0 fully saturated rings. The minimum absolute atomic E-state index is 0.616. The summed E-state index contributed by atoms with van der Waals surface area (Å²) in [6.07, 6.45) is 2.33. The Balaban J connectivity index is 3.24. The molecule has 0 N–H and O–H groups in total. The molecule has 0 aliphatic heterocycles. The zero-order valence-electron chi connectivity index (χ0n) is 8.23. The molecule has 68 valence electrons. The van der Waals surface area contributed by atoms with Crippen LogP contribution in [-0.2, 0) is 0 Å². The number of halogens is 1. The van der Waals surface area contributed by atoms with Crippen LogP contribution in [0.25, 0.3) is 0 Å². The Morgan fingerprint density at radius 3 is 1.91 bits per heavy atom. The molecule has 0 amide bonds. The summed E-state index contributed by atoms with van der Waals surface area (Å²) in [5.74, 6) is 1.48. The fourth-order valence-corrected chi connectivity index (χ4v) is 1.05. The van der Waals surface area contributed by atoms with Crippen LogP contribution in [0.3, 0.4) is 0 Å². The van der Waals surface area contributed by atoms with Gasteiger partial charge in [0.25, 0.3) is 0 Å². The summed E-state index contributed by atoms with van der Waals surface area (Å²) in [7, 11) is 0. The third-order valence-corrected chi connectivity index (χ3v) is 2.40. The van der Waals surface area contributed by atoms with Gasteiger partial charge in [-0.05, 0) is 25.2 Å². The highest BCUT2D eigenvalue weighted by atomic mass is 19.1. The van der Waals surface area contributed by atoms with Crippen molar-refractivity contribution in [3.8, 4) is 0 Å². The van der Waals surface area contributed by atoms with E-state index in [0.29, 0.717) is 0 Å². The first-order valence-electron chi connectivity index (χ1n) is 4.68. The van der Waals surface area contributed by atoms with Gasteiger partial charge in [-0.2, -0.15) is 0 Å². The first-order valence-corrected chi connectivity index (χ1v) is 4.68. The van der Waals surface area contributed by atoms with Crippen LogP contribution in [0.5, 0.6) is 0 Å². The Morgan fingerprint density at radius 1 is 1.00 bits per heavy atom. The topological polar surface area (TPSA) is 0 Å². The van der Waals surface area contributed by atoms with Gasteiger partial charge in [-0.15, -0.1) is 0 Å². The number of alkyl halides is 1. The predicted molar refractivity (Wildman–Crippen MR) is 48.4 cm³/mol. The van der Waals surface area contributed by atoms with Crippen molar-refractivity contribution in [2.24, 2.45) is 11.8 Å².